The summed E-state index contributed by atoms with van der Waals surface area (Å²) in [6.07, 6.45) is 0. The Labute approximate surface area is 116 Å². The van der Waals surface area contributed by atoms with Gasteiger partial charge >= 0.3 is 0 Å². The highest BCUT2D eigenvalue weighted by atomic mass is 79.9. The van der Waals surface area contributed by atoms with Crippen LogP contribution >= 0.6 is 27.7 Å². The highest BCUT2D eigenvalue weighted by Gasteiger charge is 2.09. The van der Waals surface area contributed by atoms with Crippen LogP contribution in [0.2, 0.25) is 0 Å². The summed E-state index contributed by atoms with van der Waals surface area (Å²) in [5, 5.41) is 20.6. The third-order valence-electron chi connectivity index (χ3n) is 2.20. The molecule has 1 aromatic carbocycles. The third kappa shape index (κ3) is 3.06. The lowest BCUT2D eigenvalue weighted by molar-refractivity contribution is 0.262. The van der Waals surface area contributed by atoms with Crippen LogP contribution in [0, 0.1) is 5.82 Å². The van der Waals surface area contributed by atoms with Crippen molar-refractivity contribution < 1.29 is 9.50 Å². The van der Waals surface area contributed by atoms with Crippen LogP contribution in [0.5, 0.6) is 0 Å². The first-order chi connectivity index (χ1) is 8.72. The molecule has 96 valence electrons. The minimum absolute atomic E-state index is 0.0255. The molecule has 5 nitrogen and oxygen atoms in total. The van der Waals surface area contributed by atoms with E-state index in [9.17, 15) is 4.39 Å². The van der Waals surface area contributed by atoms with E-state index >= 15 is 0 Å². The lowest BCUT2D eigenvalue weighted by Gasteiger charge is -2.05. The minimum atomic E-state index is -0.289. The van der Waals surface area contributed by atoms with Crippen molar-refractivity contribution >= 4 is 27.7 Å². The first-order valence-corrected chi connectivity index (χ1v) is 6.93. The summed E-state index contributed by atoms with van der Waals surface area (Å²) in [5.74, 6) is 0.257. The third-order valence-corrected chi connectivity index (χ3v) is 4.09. The van der Waals surface area contributed by atoms with Crippen molar-refractivity contribution in [3.63, 3.8) is 0 Å². The van der Waals surface area contributed by atoms with Crippen LogP contribution in [0.3, 0.4) is 0 Å². The maximum absolute atomic E-state index is 13.3. The Morgan fingerprint density at radius 1 is 1.44 bits per heavy atom. The topological polar surface area (TPSA) is 63.8 Å². The number of tetrazole rings is 1. The fraction of sp³-hybridized carbons (Fsp3) is 0.300. The van der Waals surface area contributed by atoms with E-state index in [2.05, 4.69) is 31.5 Å². The average Bonchev–Trinajstić information content (AvgIpc) is 2.79. The molecule has 0 amide bonds. The highest BCUT2D eigenvalue weighted by molar-refractivity contribution is 9.10. The van der Waals surface area contributed by atoms with Crippen LogP contribution in [-0.2, 0) is 12.3 Å². The summed E-state index contributed by atoms with van der Waals surface area (Å²) in [5.41, 5.74) is 0.832. The smallest absolute Gasteiger partial charge is 0.209 e. The van der Waals surface area contributed by atoms with Gasteiger partial charge in [0.2, 0.25) is 5.16 Å². The monoisotopic (exact) mass is 332 g/mol. The first-order valence-electron chi connectivity index (χ1n) is 5.15. The summed E-state index contributed by atoms with van der Waals surface area (Å²) in [6, 6.07) is 4.89. The second-order valence-electron chi connectivity index (χ2n) is 3.41. The molecular weight excluding hydrogens is 323 g/mol. The average molecular weight is 333 g/mol. The standard InChI is InChI=1S/C10H10BrFN4OS/c11-9-7(2-1-3-8(9)12)6-18-10-13-14-15-16(10)4-5-17/h1-3,17H,4-6H2. The van der Waals surface area contributed by atoms with Gasteiger partial charge in [-0.2, -0.15) is 0 Å². The normalized spacial score (nSPS) is 10.8. The quantitative estimate of drug-likeness (QED) is 0.846. The van der Waals surface area contributed by atoms with Gasteiger partial charge in [0.25, 0.3) is 0 Å². The number of hydrogen-bond acceptors (Lipinski definition) is 5. The molecule has 1 heterocycles. The number of hydrogen-bond donors (Lipinski definition) is 1. The molecule has 18 heavy (non-hydrogen) atoms. The zero-order valence-electron chi connectivity index (χ0n) is 9.25. The number of benzene rings is 1. The Kier molecular flexibility index (Phi) is 4.67. The molecule has 0 aliphatic rings. The van der Waals surface area contributed by atoms with E-state index in [1.165, 1.54) is 22.5 Å². The molecule has 0 atom stereocenters. The van der Waals surface area contributed by atoms with Crippen LogP contribution in [0.25, 0.3) is 0 Å². The van der Waals surface area contributed by atoms with Crippen molar-refractivity contribution in [2.45, 2.75) is 17.5 Å². The van der Waals surface area contributed by atoms with Crippen LogP contribution in [0.1, 0.15) is 5.56 Å². The van der Waals surface area contributed by atoms with E-state index in [4.69, 9.17) is 5.11 Å². The van der Waals surface area contributed by atoms with Gasteiger partial charge in [-0.15, -0.1) is 5.10 Å². The molecule has 0 spiro atoms. The van der Waals surface area contributed by atoms with Gasteiger partial charge in [0.15, 0.2) is 0 Å². The van der Waals surface area contributed by atoms with Crippen LogP contribution in [0.4, 0.5) is 4.39 Å². The SMILES string of the molecule is OCCn1nnnc1SCc1cccc(F)c1Br. The van der Waals surface area contributed by atoms with E-state index in [1.54, 1.807) is 6.07 Å². The van der Waals surface area contributed by atoms with Crippen LogP contribution in [-0.4, -0.2) is 31.9 Å². The number of aliphatic hydroxyl groups is 1. The molecular formula is C10H10BrFN4OS. The van der Waals surface area contributed by atoms with E-state index < -0.39 is 0 Å². The second-order valence-corrected chi connectivity index (χ2v) is 5.15. The molecule has 8 heteroatoms. The van der Waals surface area contributed by atoms with Crippen LogP contribution in [0.15, 0.2) is 27.8 Å². The number of nitrogens with zero attached hydrogens (tertiary/aromatic N) is 4. The van der Waals surface area contributed by atoms with E-state index in [0.29, 0.717) is 21.9 Å². The van der Waals surface area contributed by atoms with Crippen molar-refractivity contribution in [2.75, 3.05) is 6.61 Å². The largest absolute Gasteiger partial charge is 0.394 e. The summed E-state index contributed by atoms with van der Waals surface area (Å²) >= 11 is 4.60. The molecule has 0 saturated heterocycles. The molecule has 0 aliphatic heterocycles. The molecule has 0 radical (unpaired) electrons. The van der Waals surface area contributed by atoms with Crippen molar-refractivity contribution in [3.8, 4) is 0 Å². The second kappa shape index (κ2) is 6.26. The van der Waals surface area contributed by atoms with Gasteiger partial charge in [-0.25, -0.2) is 9.07 Å². The lowest BCUT2D eigenvalue weighted by atomic mass is 10.2. The number of aliphatic hydroxyl groups excluding tert-OH is 1. The Bertz CT molecular complexity index is 536. The first kappa shape index (κ1) is 13.4. The van der Waals surface area contributed by atoms with Crippen LogP contribution < -0.4 is 0 Å². The number of halogens is 2. The Morgan fingerprint density at radius 2 is 2.28 bits per heavy atom. The Balaban J connectivity index is 2.07. The molecule has 1 aromatic heterocycles. The van der Waals surface area contributed by atoms with Gasteiger partial charge in [-0.1, -0.05) is 23.9 Å². The van der Waals surface area contributed by atoms with E-state index in [-0.39, 0.29) is 12.4 Å². The summed E-state index contributed by atoms with van der Waals surface area (Å²) < 4.78 is 15.3. The number of thioether (sulfide) groups is 1. The van der Waals surface area contributed by atoms with Gasteiger partial charge in [0.05, 0.1) is 17.6 Å². The predicted molar refractivity (Wildman–Crippen MR) is 68.6 cm³/mol. The number of aromatic nitrogens is 4. The van der Waals surface area contributed by atoms with Gasteiger partial charge in [-0.3, -0.25) is 0 Å². The van der Waals surface area contributed by atoms with Gasteiger partial charge in [0, 0.05) is 5.75 Å². The lowest BCUT2D eigenvalue weighted by Crippen LogP contribution is -2.05. The zero-order valence-corrected chi connectivity index (χ0v) is 11.7. The summed E-state index contributed by atoms with van der Waals surface area (Å²) in [4.78, 5) is 0. The molecule has 0 aliphatic carbocycles. The predicted octanol–water partition coefficient (Wildman–Crippen LogP) is 1.86. The minimum Gasteiger partial charge on any atom is -0.394 e. The van der Waals surface area contributed by atoms with Gasteiger partial charge in [-0.05, 0) is 38.0 Å². The molecule has 0 fully saturated rings. The van der Waals surface area contributed by atoms with Gasteiger partial charge < -0.3 is 5.11 Å². The molecule has 0 bridgehead atoms. The maximum atomic E-state index is 13.3. The van der Waals surface area contributed by atoms with Crippen molar-refractivity contribution in [3.05, 3.63) is 34.1 Å². The molecule has 0 unspecified atom stereocenters. The van der Waals surface area contributed by atoms with Crippen molar-refractivity contribution in [2.24, 2.45) is 0 Å². The van der Waals surface area contributed by atoms with E-state index in [1.807, 2.05) is 6.07 Å². The highest BCUT2D eigenvalue weighted by Crippen LogP contribution is 2.27. The summed E-state index contributed by atoms with van der Waals surface area (Å²) in [7, 11) is 0. The zero-order chi connectivity index (χ0) is 13.0. The fourth-order valence-corrected chi connectivity index (χ4v) is 2.82. The number of rotatable bonds is 5. The van der Waals surface area contributed by atoms with E-state index in [0.717, 1.165) is 5.56 Å². The fourth-order valence-electron chi connectivity index (χ4n) is 1.34. The maximum Gasteiger partial charge on any atom is 0.209 e. The van der Waals surface area contributed by atoms with Gasteiger partial charge in [0.1, 0.15) is 5.82 Å². The van der Waals surface area contributed by atoms with Crippen molar-refractivity contribution in [1.82, 2.24) is 20.2 Å². The summed E-state index contributed by atoms with van der Waals surface area (Å²) in [6.45, 7) is 0.321. The Morgan fingerprint density at radius 3 is 3.06 bits per heavy atom. The molecule has 2 aromatic rings. The molecule has 2 rings (SSSR count). The Hall–Kier alpha value is -0.990. The molecule has 0 saturated carbocycles. The van der Waals surface area contributed by atoms with Crippen molar-refractivity contribution in [1.29, 1.82) is 0 Å². The molecule has 1 N–H and O–H groups in total.